The van der Waals surface area contributed by atoms with Gasteiger partial charge in [0.25, 0.3) is 0 Å². The summed E-state index contributed by atoms with van der Waals surface area (Å²) in [6, 6.07) is 8.82. The van der Waals surface area contributed by atoms with Gasteiger partial charge in [0.15, 0.2) is 5.43 Å². The molecule has 1 aromatic heterocycles. The molecule has 2 rings (SSSR count). The Hall–Kier alpha value is -2.56. The van der Waals surface area contributed by atoms with E-state index in [1.165, 1.54) is 12.3 Å². The standard InChI is InChI=1S/C15H15NO4/c1-10-7-14(17)13(15(18)19)9-16(10)8-11-3-5-12(20-2)6-4-11/h3-7,9H,8H2,1-2H3,(H,18,19). The lowest BCUT2D eigenvalue weighted by Crippen LogP contribution is -2.19. The molecule has 0 bridgehead atoms. The van der Waals surface area contributed by atoms with Crippen molar-refractivity contribution in [2.24, 2.45) is 0 Å². The number of hydrogen-bond donors (Lipinski definition) is 1. The number of carbonyl (C=O) groups is 1. The maximum absolute atomic E-state index is 11.6. The van der Waals surface area contributed by atoms with Crippen molar-refractivity contribution in [2.75, 3.05) is 7.11 Å². The molecule has 0 aliphatic rings. The smallest absolute Gasteiger partial charge is 0.341 e. The fourth-order valence-corrected chi connectivity index (χ4v) is 1.93. The van der Waals surface area contributed by atoms with E-state index in [1.54, 1.807) is 18.6 Å². The van der Waals surface area contributed by atoms with Crippen molar-refractivity contribution in [3.05, 3.63) is 63.6 Å². The maximum atomic E-state index is 11.6. The molecule has 0 radical (unpaired) electrons. The fourth-order valence-electron chi connectivity index (χ4n) is 1.93. The van der Waals surface area contributed by atoms with E-state index in [1.807, 2.05) is 24.3 Å². The van der Waals surface area contributed by atoms with Crippen LogP contribution in [0, 0.1) is 6.92 Å². The molecule has 0 saturated heterocycles. The van der Waals surface area contributed by atoms with Crippen molar-refractivity contribution < 1.29 is 14.6 Å². The summed E-state index contributed by atoms with van der Waals surface area (Å²) in [4.78, 5) is 22.6. The lowest BCUT2D eigenvalue weighted by atomic mass is 10.2. The lowest BCUT2D eigenvalue weighted by Gasteiger charge is -2.12. The molecule has 2 aromatic rings. The molecule has 0 aliphatic heterocycles. The number of ether oxygens (including phenoxy) is 1. The van der Waals surface area contributed by atoms with Crippen LogP contribution < -0.4 is 10.2 Å². The van der Waals surface area contributed by atoms with Gasteiger partial charge in [-0.2, -0.15) is 0 Å². The van der Waals surface area contributed by atoms with E-state index in [0.717, 1.165) is 17.0 Å². The normalized spacial score (nSPS) is 10.3. The van der Waals surface area contributed by atoms with Gasteiger partial charge in [-0.05, 0) is 24.6 Å². The summed E-state index contributed by atoms with van der Waals surface area (Å²) < 4.78 is 6.83. The summed E-state index contributed by atoms with van der Waals surface area (Å²) in [5.41, 5.74) is 1.02. The van der Waals surface area contributed by atoms with Crippen molar-refractivity contribution in [3.63, 3.8) is 0 Å². The van der Waals surface area contributed by atoms with Gasteiger partial charge >= 0.3 is 5.97 Å². The predicted octanol–water partition coefficient (Wildman–Crippen LogP) is 1.91. The van der Waals surface area contributed by atoms with Gasteiger partial charge in [-0.3, -0.25) is 4.79 Å². The molecule has 5 nitrogen and oxygen atoms in total. The quantitative estimate of drug-likeness (QED) is 0.924. The molecule has 0 atom stereocenters. The third kappa shape index (κ3) is 2.88. The maximum Gasteiger partial charge on any atom is 0.341 e. The SMILES string of the molecule is COc1ccc(Cn2cc(C(=O)O)c(=O)cc2C)cc1. The Bertz CT molecular complexity index is 686. The van der Waals surface area contributed by atoms with Crippen LogP contribution in [0.5, 0.6) is 5.75 Å². The van der Waals surface area contributed by atoms with Gasteiger partial charge < -0.3 is 14.4 Å². The molecule has 0 spiro atoms. The first-order chi connectivity index (χ1) is 9.51. The minimum atomic E-state index is -1.21. The number of aromatic nitrogens is 1. The number of benzene rings is 1. The Balaban J connectivity index is 2.34. The zero-order valence-corrected chi connectivity index (χ0v) is 11.3. The summed E-state index contributed by atoms with van der Waals surface area (Å²) in [6.45, 7) is 2.27. The summed E-state index contributed by atoms with van der Waals surface area (Å²) in [5, 5.41) is 8.99. The van der Waals surface area contributed by atoms with Crippen LogP contribution in [0.3, 0.4) is 0 Å². The first-order valence-corrected chi connectivity index (χ1v) is 6.08. The van der Waals surface area contributed by atoms with Crippen molar-refractivity contribution in [3.8, 4) is 5.75 Å². The molecule has 1 aromatic carbocycles. The average molecular weight is 273 g/mol. The van der Waals surface area contributed by atoms with Crippen molar-refractivity contribution >= 4 is 5.97 Å². The highest BCUT2D eigenvalue weighted by molar-refractivity contribution is 5.87. The van der Waals surface area contributed by atoms with Crippen LogP contribution in [-0.2, 0) is 6.54 Å². The van der Waals surface area contributed by atoms with Crippen LogP contribution >= 0.6 is 0 Å². The molecule has 0 amide bonds. The number of methoxy groups -OCH3 is 1. The zero-order chi connectivity index (χ0) is 14.7. The average Bonchev–Trinajstić information content (AvgIpc) is 2.42. The van der Waals surface area contributed by atoms with Crippen LogP contribution in [0.15, 0.2) is 41.3 Å². The van der Waals surface area contributed by atoms with Crippen molar-refractivity contribution in [1.82, 2.24) is 4.57 Å². The van der Waals surface area contributed by atoms with Gasteiger partial charge in [0, 0.05) is 24.5 Å². The van der Waals surface area contributed by atoms with Gasteiger partial charge in [-0.15, -0.1) is 0 Å². The van der Waals surface area contributed by atoms with E-state index in [4.69, 9.17) is 9.84 Å². The minimum Gasteiger partial charge on any atom is -0.497 e. The molecule has 1 N–H and O–H groups in total. The van der Waals surface area contributed by atoms with E-state index in [-0.39, 0.29) is 5.56 Å². The zero-order valence-electron chi connectivity index (χ0n) is 11.3. The van der Waals surface area contributed by atoms with Gasteiger partial charge in [0.05, 0.1) is 7.11 Å². The summed E-state index contributed by atoms with van der Waals surface area (Å²) in [5.74, 6) is -0.449. The second kappa shape index (κ2) is 5.61. The molecule has 0 aliphatic carbocycles. The summed E-state index contributed by atoms with van der Waals surface area (Å²) in [6.07, 6.45) is 1.38. The third-order valence-corrected chi connectivity index (χ3v) is 3.09. The number of aryl methyl sites for hydroxylation is 1. The van der Waals surface area contributed by atoms with Crippen LogP contribution in [0.4, 0.5) is 0 Å². The van der Waals surface area contributed by atoms with Crippen molar-refractivity contribution in [1.29, 1.82) is 0 Å². The van der Waals surface area contributed by atoms with Gasteiger partial charge in [0.1, 0.15) is 11.3 Å². The first-order valence-electron chi connectivity index (χ1n) is 6.08. The summed E-state index contributed by atoms with van der Waals surface area (Å²) >= 11 is 0. The van der Waals surface area contributed by atoms with Gasteiger partial charge in [-0.1, -0.05) is 12.1 Å². The number of rotatable bonds is 4. The van der Waals surface area contributed by atoms with Crippen LogP contribution in [0.1, 0.15) is 21.6 Å². The highest BCUT2D eigenvalue weighted by Crippen LogP contribution is 2.13. The highest BCUT2D eigenvalue weighted by atomic mass is 16.5. The second-order valence-electron chi connectivity index (χ2n) is 4.47. The highest BCUT2D eigenvalue weighted by Gasteiger charge is 2.10. The molecule has 104 valence electrons. The number of hydrogen-bond acceptors (Lipinski definition) is 3. The first kappa shape index (κ1) is 13.9. The Morgan fingerprint density at radius 2 is 1.95 bits per heavy atom. The summed E-state index contributed by atoms with van der Waals surface area (Å²) in [7, 11) is 1.60. The van der Waals surface area contributed by atoms with Gasteiger partial charge in [0.2, 0.25) is 0 Å². The Labute approximate surface area is 116 Å². The van der Waals surface area contributed by atoms with E-state index in [0.29, 0.717) is 6.54 Å². The van der Waals surface area contributed by atoms with Crippen LogP contribution in [0.25, 0.3) is 0 Å². The Morgan fingerprint density at radius 1 is 1.30 bits per heavy atom. The molecular formula is C15H15NO4. The van der Waals surface area contributed by atoms with Crippen molar-refractivity contribution in [2.45, 2.75) is 13.5 Å². The number of nitrogens with zero attached hydrogens (tertiary/aromatic N) is 1. The number of carboxylic acid groups (broad SMARTS) is 1. The van der Waals surface area contributed by atoms with Crippen LogP contribution in [0.2, 0.25) is 0 Å². The molecule has 20 heavy (non-hydrogen) atoms. The molecule has 0 unspecified atom stereocenters. The molecule has 0 saturated carbocycles. The van der Waals surface area contributed by atoms with E-state index in [2.05, 4.69) is 0 Å². The van der Waals surface area contributed by atoms with E-state index >= 15 is 0 Å². The monoisotopic (exact) mass is 273 g/mol. The van der Waals surface area contributed by atoms with Crippen LogP contribution in [-0.4, -0.2) is 22.8 Å². The topological polar surface area (TPSA) is 68.5 Å². The molecular weight excluding hydrogens is 258 g/mol. The predicted molar refractivity (Wildman–Crippen MR) is 74.5 cm³/mol. The van der Waals surface area contributed by atoms with E-state index < -0.39 is 11.4 Å². The minimum absolute atomic E-state index is 0.218. The number of pyridine rings is 1. The second-order valence-corrected chi connectivity index (χ2v) is 4.47. The Kier molecular flexibility index (Phi) is 3.89. The molecule has 5 heteroatoms. The number of carboxylic acids is 1. The third-order valence-electron chi connectivity index (χ3n) is 3.09. The Morgan fingerprint density at radius 3 is 2.50 bits per heavy atom. The number of aromatic carboxylic acids is 1. The molecule has 0 fully saturated rings. The fraction of sp³-hybridized carbons (Fsp3) is 0.200. The molecule has 1 heterocycles. The lowest BCUT2D eigenvalue weighted by molar-refractivity contribution is 0.0694. The largest absolute Gasteiger partial charge is 0.497 e. The van der Waals surface area contributed by atoms with E-state index in [9.17, 15) is 9.59 Å². The van der Waals surface area contributed by atoms with Gasteiger partial charge in [-0.25, -0.2) is 4.79 Å².